The van der Waals surface area contributed by atoms with Crippen molar-refractivity contribution in [1.29, 1.82) is 0 Å². The van der Waals surface area contributed by atoms with Crippen LogP contribution in [0.15, 0.2) is 24.3 Å². The van der Waals surface area contributed by atoms with Gasteiger partial charge in [-0.25, -0.2) is 4.98 Å². The van der Waals surface area contributed by atoms with Crippen molar-refractivity contribution in [3.8, 4) is 0 Å². The Morgan fingerprint density at radius 3 is 2.45 bits per heavy atom. The predicted octanol–water partition coefficient (Wildman–Crippen LogP) is 2.44. The summed E-state index contributed by atoms with van der Waals surface area (Å²) in [7, 11) is 0. The number of nitrogens with zero attached hydrogens (tertiary/aromatic N) is 2. The first kappa shape index (κ1) is 23.0. The summed E-state index contributed by atoms with van der Waals surface area (Å²) in [6.45, 7) is 2.74. The number of aromatic nitrogens is 1. The van der Waals surface area contributed by atoms with Gasteiger partial charge in [0.05, 0.1) is 25.5 Å². The van der Waals surface area contributed by atoms with Crippen molar-refractivity contribution in [1.82, 2.24) is 15.8 Å². The quantitative estimate of drug-likeness (QED) is 0.646. The van der Waals surface area contributed by atoms with Crippen LogP contribution in [-0.2, 0) is 16.1 Å². The first-order valence-electron chi connectivity index (χ1n) is 9.37. The van der Waals surface area contributed by atoms with Gasteiger partial charge in [0.25, 0.3) is 11.8 Å². The van der Waals surface area contributed by atoms with Crippen molar-refractivity contribution in [2.75, 3.05) is 37.8 Å². The van der Waals surface area contributed by atoms with Crippen LogP contribution in [-0.4, -0.2) is 55.9 Å². The molecule has 0 bridgehead atoms. The zero-order chi connectivity index (χ0) is 22.4. The molecule has 1 aliphatic rings. The van der Waals surface area contributed by atoms with E-state index in [1.165, 1.54) is 35.6 Å². The number of morpholine rings is 1. The molecule has 2 N–H and O–H groups in total. The van der Waals surface area contributed by atoms with Crippen molar-refractivity contribution in [2.24, 2.45) is 0 Å². The third-order valence-electron chi connectivity index (χ3n) is 4.31. The van der Waals surface area contributed by atoms with Crippen molar-refractivity contribution >= 4 is 28.3 Å². The van der Waals surface area contributed by atoms with E-state index in [-0.39, 0.29) is 12.2 Å². The van der Waals surface area contributed by atoms with Gasteiger partial charge in [-0.2, -0.15) is 13.2 Å². The number of halogens is 3. The fourth-order valence-corrected chi connectivity index (χ4v) is 3.78. The van der Waals surface area contributed by atoms with Crippen LogP contribution < -0.4 is 15.8 Å². The summed E-state index contributed by atoms with van der Waals surface area (Å²) in [4.78, 5) is 31.5. The molecule has 2 heterocycles. The summed E-state index contributed by atoms with van der Waals surface area (Å²) in [5.74, 6) is -1.05. The smallest absolute Gasteiger partial charge is 0.378 e. The normalized spacial score (nSPS) is 14.4. The number of benzene rings is 1. The Kier molecular flexibility index (Phi) is 7.46. The highest BCUT2D eigenvalue weighted by molar-refractivity contribution is 7.17. The molecule has 1 aromatic carbocycles. The molecule has 0 saturated carbocycles. The van der Waals surface area contributed by atoms with E-state index in [4.69, 9.17) is 4.74 Å². The highest BCUT2D eigenvalue weighted by atomic mass is 32.1. The zero-order valence-corrected chi connectivity index (χ0v) is 17.4. The van der Waals surface area contributed by atoms with Crippen molar-refractivity contribution in [3.05, 3.63) is 46.0 Å². The number of nitrogens with one attached hydrogen (secondary N) is 2. The maximum atomic E-state index is 12.4. The van der Waals surface area contributed by atoms with Gasteiger partial charge in [-0.05, 0) is 24.6 Å². The molecular formula is C19H21F3N4O4S. The van der Waals surface area contributed by atoms with E-state index in [1.54, 1.807) is 6.92 Å². The van der Waals surface area contributed by atoms with Crippen molar-refractivity contribution in [3.63, 3.8) is 0 Å². The Hall–Kier alpha value is -2.70. The van der Waals surface area contributed by atoms with Gasteiger partial charge < -0.3 is 14.4 Å². The number of rotatable bonds is 6. The summed E-state index contributed by atoms with van der Waals surface area (Å²) in [5.41, 5.74) is 5.96. The molecule has 0 atom stereocenters. The second kappa shape index (κ2) is 10.1. The van der Waals surface area contributed by atoms with E-state index in [1.807, 2.05) is 4.90 Å². The van der Waals surface area contributed by atoms with Crippen molar-refractivity contribution in [2.45, 2.75) is 19.7 Å². The molecule has 12 heteroatoms. The number of aryl methyl sites for hydroxylation is 1. The summed E-state index contributed by atoms with van der Waals surface area (Å²) in [5, 5.41) is 0.723. The molecule has 3 rings (SSSR count). The Morgan fingerprint density at radius 1 is 1.16 bits per heavy atom. The van der Waals surface area contributed by atoms with Crippen molar-refractivity contribution < 1.29 is 32.2 Å². The average molecular weight is 458 g/mol. The van der Waals surface area contributed by atoms with Gasteiger partial charge in [0.2, 0.25) is 0 Å². The molecule has 8 nitrogen and oxygen atoms in total. The minimum Gasteiger partial charge on any atom is -0.378 e. The first-order valence-corrected chi connectivity index (χ1v) is 10.2. The number of alkyl halides is 3. The number of hydrogen-bond donors (Lipinski definition) is 2. The highest BCUT2D eigenvalue weighted by Gasteiger charge is 2.27. The number of amides is 2. The van der Waals surface area contributed by atoms with Gasteiger partial charge in [-0.3, -0.25) is 20.4 Å². The lowest BCUT2D eigenvalue weighted by molar-refractivity contribution is -0.176. The number of anilines is 1. The lowest BCUT2D eigenvalue weighted by Gasteiger charge is -2.25. The Morgan fingerprint density at radius 2 is 1.81 bits per heavy atom. The monoisotopic (exact) mass is 458 g/mol. The van der Waals surface area contributed by atoms with Gasteiger partial charge in [0.1, 0.15) is 11.5 Å². The third kappa shape index (κ3) is 6.64. The second-order valence-corrected chi connectivity index (χ2v) is 7.70. The molecule has 168 valence electrons. The number of thiazole rings is 1. The molecule has 31 heavy (non-hydrogen) atoms. The topological polar surface area (TPSA) is 92.8 Å². The second-order valence-electron chi connectivity index (χ2n) is 6.72. The molecule has 0 aliphatic carbocycles. The fraction of sp³-hybridized carbons (Fsp3) is 0.421. The molecular weight excluding hydrogens is 437 g/mol. The number of carbonyl (C=O) groups excluding carboxylic acids is 2. The minimum atomic E-state index is -4.39. The van der Waals surface area contributed by atoms with Gasteiger partial charge in [-0.1, -0.05) is 23.5 Å². The molecule has 1 saturated heterocycles. The Balaban J connectivity index is 1.51. The zero-order valence-electron chi connectivity index (χ0n) is 16.6. The summed E-state index contributed by atoms with van der Waals surface area (Å²) >= 11 is 1.23. The van der Waals surface area contributed by atoms with Crippen LogP contribution in [0, 0.1) is 6.92 Å². The Labute approximate surface area is 180 Å². The van der Waals surface area contributed by atoms with E-state index in [9.17, 15) is 22.8 Å². The van der Waals surface area contributed by atoms with Gasteiger partial charge in [0.15, 0.2) is 5.13 Å². The molecule has 2 aromatic rings. The number of hydrogen-bond acceptors (Lipinski definition) is 7. The summed E-state index contributed by atoms with van der Waals surface area (Å²) in [6, 6.07) is 5.83. The molecule has 0 spiro atoms. The summed E-state index contributed by atoms with van der Waals surface area (Å²) < 4.78 is 46.2. The van der Waals surface area contributed by atoms with Crippen LogP contribution in [0.2, 0.25) is 0 Å². The molecule has 2 amide bonds. The standard InChI is InChI=1S/C19H21F3N4O4S/c1-12-15(31-18(23-12)26-6-8-29-9-7-26)17(28)25-24-16(27)14-4-2-13(3-5-14)10-30-11-19(20,21)22/h2-5H,6-11H2,1H3,(H,24,27)(H,25,28). The molecule has 0 radical (unpaired) electrons. The average Bonchev–Trinajstić information content (AvgIpc) is 3.14. The van der Waals surface area contributed by atoms with E-state index < -0.39 is 24.6 Å². The van der Waals surface area contributed by atoms with Crippen LogP contribution in [0.5, 0.6) is 0 Å². The molecule has 1 aliphatic heterocycles. The number of hydrazine groups is 1. The molecule has 0 unspecified atom stereocenters. The van der Waals surface area contributed by atoms with Gasteiger partial charge >= 0.3 is 6.18 Å². The minimum absolute atomic E-state index is 0.228. The van der Waals surface area contributed by atoms with Crippen LogP contribution in [0.3, 0.4) is 0 Å². The fourth-order valence-electron chi connectivity index (χ4n) is 2.76. The predicted molar refractivity (Wildman–Crippen MR) is 107 cm³/mol. The number of ether oxygens (including phenoxy) is 2. The Bertz CT molecular complexity index is 912. The molecule has 1 fully saturated rings. The largest absolute Gasteiger partial charge is 0.411 e. The lowest BCUT2D eigenvalue weighted by Crippen LogP contribution is -2.41. The maximum absolute atomic E-state index is 12.4. The summed E-state index contributed by atoms with van der Waals surface area (Å²) in [6.07, 6.45) is -4.39. The SMILES string of the molecule is Cc1nc(N2CCOCC2)sc1C(=O)NNC(=O)c1ccc(COCC(F)(F)F)cc1. The first-order chi connectivity index (χ1) is 14.7. The molecule has 1 aromatic heterocycles. The van der Waals surface area contributed by atoms with Crippen LogP contribution in [0.4, 0.5) is 18.3 Å². The van der Waals surface area contributed by atoms with Gasteiger partial charge in [0, 0.05) is 18.7 Å². The van der Waals surface area contributed by atoms with Gasteiger partial charge in [-0.15, -0.1) is 0 Å². The van der Waals surface area contributed by atoms with Crippen LogP contribution in [0.25, 0.3) is 0 Å². The van der Waals surface area contributed by atoms with Crippen LogP contribution >= 0.6 is 11.3 Å². The van der Waals surface area contributed by atoms with Crippen LogP contribution in [0.1, 0.15) is 31.3 Å². The third-order valence-corrected chi connectivity index (χ3v) is 5.53. The maximum Gasteiger partial charge on any atom is 0.411 e. The number of carbonyl (C=O) groups is 2. The van der Waals surface area contributed by atoms with E-state index >= 15 is 0 Å². The van der Waals surface area contributed by atoms with E-state index in [0.29, 0.717) is 42.4 Å². The lowest BCUT2D eigenvalue weighted by atomic mass is 10.1. The highest BCUT2D eigenvalue weighted by Crippen LogP contribution is 2.26. The van der Waals surface area contributed by atoms with E-state index in [0.717, 1.165) is 5.13 Å². The van der Waals surface area contributed by atoms with E-state index in [2.05, 4.69) is 20.6 Å².